The predicted molar refractivity (Wildman–Crippen MR) is 99.4 cm³/mol. The van der Waals surface area contributed by atoms with Gasteiger partial charge in [-0.1, -0.05) is 30.7 Å². The number of fused-ring (bicyclic) bond motifs is 3. The van der Waals surface area contributed by atoms with Gasteiger partial charge in [0.1, 0.15) is 0 Å². The van der Waals surface area contributed by atoms with Crippen molar-refractivity contribution in [3.63, 3.8) is 0 Å². The molecule has 0 aliphatic heterocycles. The van der Waals surface area contributed by atoms with Crippen molar-refractivity contribution in [2.75, 3.05) is 13.7 Å². The molecule has 0 aromatic heterocycles. The van der Waals surface area contributed by atoms with Crippen molar-refractivity contribution >= 4 is 11.9 Å². The number of nitrogens with zero attached hydrogens (tertiary/aromatic N) is 1. The molecule has 0 heterocycles. The second kappa shape index (κ2) is 7.42. The van der Waals surface area contributed by atoms with Crippen LogP contribution in [0.4, 0.5) is 0 Å². The van der Waals surface area contributed by atoms with E-state index in [-0.39, 0.29) is 24.5 Å². The van der Waals surface area contributed by atoms with Crippen molar-refractivity contribution in [2.24, 2.45) is 17.8 Å². The SMILES string of the molecule is CN(C(=O)COC(=O)CC1CC2CCC1C2)C1CCCc2ccccc21. The quantitative estimate of drug-likeness (QED) is 0.753. The molecule has 1 amide bonds. The first-order chi connectivity index (χ1) is 12.6. The summed E-state index contributed by atoms with van der Waals surface area (Å²) < 4.78 is 5.34. The zero-order valence-electron chi connectivity index (χ0n) is 15.7. The minimum Gasteiger partial charge on any atom is -0.456 e. The third-order valence-corrected chi connectivity index (χ3v) is 6.87. The Kier molecular flexibility index (Phi) is 5.01. The highest BCUT2D eigenvalue weighted by Crippen LogP contribution is 2.49. The number of aryl methyl sites for hydroxylation is 1. The average molecular weight is 355 g/mol. The van der Waals surface area contributed by atoms with Gasteiger partial charge in [-0.05, 0) is 67.4 Å². The van der Waals surface area contributed by atoms with Crippen LogP contribution in [0.15, 0.2) is 24.3 Å². The normalized spacial score (nSPS) is 29.3. The van der Waals surface area contributed by atoms with Gasteiger partial charge in [0, 0.05) is 13.5 Å². The van der Waals surface area contributed by atoms with Gasteiger partial charge in [-0.25, -0.2) is 0 Å². The first-order valence-corrected chi connectivity index (χ1v) is 10.1. The molecule has 0 spiro atoms. The minimum atomic E-state index is -0.201. The fraction of sp³-hybridized carbons (Fsp3) is 0.636. The maximum absolute atomic E-state index is 12.6. The van der Waals surface area contributed by atoms with E-state index in [9.17, 15) is 9.59 Å². The molecule has 1 aromatic carbocycles. The van der Waals surface area contributed by atoms with Crippen LogP contribution in [-0.2, 0) is 20.7 Å². The second-order valence-corrected chi connectivity index (χ2v) is 8.41. The van der Waals surface area contributed by atoms with Crippen LogP contribution in [-0.4, -0.2) is 30.4 Å². The third kappa shape index (κ3) is 3.51. The Hall–Kier alpha value is -1.84. The van der Waals surface area contributed by atoms with Crippen LogP contribution in [0.25, 0.3) is 0 Å². The summed E-state index contributed by atoms with van der Waals surface area (Å²) in [5, 5.41) is 0. The number of likely N-dealkylation sites (N-methyl/N-ethyl adjacent to an activating group) is 1. The van der Waals surface area contributed by atoms with Crippen molar-refractivity contribution in [1.29, 1.82) is 0 Å². The monoisotopic (exact) mass is 355 g/mol. The van der Waals surface area contributed by atoms with E-state index >= 15 is 0 Å². The highest BCUT2D eigenvalue weighted by Gasteiger charge is 2.40. The van der Waals surface area contributed by atoms with Crippen molar-refractivity contribution in [3.8, 4) is 0 Å². The standard InChI is InChI=1S/C22H29NO3/c1-23(20-8-4-6-16-5-2-3-7-19(16)20)21(24)14-26-22(25)13-18-12-15-9-10-17(18)11-15/h2-3,5,7,15,17-18,20H,4,6,8-14H2,1H3. The lowest BCUT2D eigenvalue weighted by Crippen LogP contribution is -2.36. The Morgan fingerprint density at radius 3 is 2.77 bits per heavy atom. The molecule has 2 fully saturated rings. The number of hydrogen-bond acceptors (Lipinski definition) is 3. The molecule has 4 rings (SSSR count). The lowest BCUT2D eigenvalue weighted by molar-refractivity contribution is -0.153. The summed E-state index contributed by atoms with van der Waals surface area (Å²) in [5.41, 5.74) is 2.57. The topological polar surface area (TPSA) is 46.6 Å². The number of amides is 1. The zero-order chi connectivity index (χ0) is 18.1. The molecule has 0 radical (unpaired) electrons. The minimum absolute atomic E-state index is 0.0942. The molecular weight excluding hydrogens is 326 g/mol. The Morgan fingerprint density at radius 2 is 2.00 bits per heavy atom. The summed E-state index contributed by atoms with van der Waals surface area (Å²) in [6.45, 7) is -0.130. The van der Waals surface area contributed by atoms with Crippen LogP contribution in [0.1, 0.15) is 62.1 Å². The molecule has 3 aliphatic rings. The van der Waals surface area contributed by atoms with Gasteiger partial charge in [-0.3, -0.25) is 9.59 Å². The number of rotatable bonds is 5. The summed E-state index contributed by atoms with van der Waals surface area (Å²) in [6, 6.07) is 8.45. The molecule has 2 saturated carbocycles. The second-order valence-electron chi connectivity index (χ2n) is 8.41. The van der Waals surface area contributed by atoms with Crippen LogP contribution in [0.2, 0.25) is 0 Å². The highest BCUT2D eigenvalue weighted by molar-refractivity contribution is 5.81. The van der Waals surface area contributed by atoms with Crippen LogP contribution in [0.3, 0.4) is 0 Å². The van der Waals surface area contributed by atoms with Crippen molar-refractivity contribution < 1.29 is 14.3 Å². The molecule has 0 N–H and O–H groups in total. The molecule has 1 aromatic rings. The lowest BCUT2D eigenvalue weighted by Gasteiger charge is -2.33. The van der Waals surface area contributed by atoms with Gasteiger partial charge in [0.2, 0.25) is 0 Å². The van der Waals surface area contributed by atoms with Gasteiger partial charge in [0.25, 0.3) is 5.91 Å². The number of hydrogen-bond donors (Lipinski definition) is 0. The Morgan fingerprint density at radius 1 is 1.15 bits per heavy atom. The molecule has 140 valence electrons. The largest absolute Gasteiger partial charge is 0.456 e. The van der Waals surface area contributed by atoms with Gasteiger partial charge < -0.3 is 9.64 Å². The fourth-order valence-corrected chi connectivity index (χ4v) is 5.45. The van der Waals surface area contributed by atoms with Crippen molar-refractivity contribution in [1.82, 2.24) is 4.90 Å². The van der Waals surface area contributed by atoms with E-state index in [1.165, 1.54) is 36.8 Å². The van der Waals surface area contributed by atoms with Gasteiger partial charge in [-0.15, -0.1) is 0 Å². The summed E-state index contributed by atoms with van der Waals surface area (Å²) >= 11 is 0. The maximum Gasteiger partial charge on any atom is 0.306 e. The van der Waals surface area contributed by atoms with E-state index in [2.05, 4.69) is 18.2 Å². The summed E-state index contributed by atoms with van der Waals surface area (Å²) in [7, 11) is 1.83. The summed E-state index contributed by atoms with van der Waals surface area (Å²) in [5.74, 6) is 1.72. The summed E-state index contributed by atoms with van der Waals surface area (Å²) in [4.78, 5) is 26.5. The molecule has 4 unspecified atom stereocenters. The van der Waals surface area contributed by atoms with Crippen LogP contribution < -0.4 is 0 Å². The molecule has 3 aliphatic carbocycles. The molecule has 0 saturated heterocycles. The molecule has 4 atom stereocenters. The first kappa shape index (κ1) is 17.6. The average Bonchev–Trinajstić information content (AvgIpc) is 3.28. The molecule has 2 bridgehead atoms. The fourth-order valence-electron chi connectivity index (χ4n) is 5.45. The highest BCUT2D eigenvalue weighted by atomic mass is 16.5. The van der Waals surface area contributed by atoms with E-state index in [4.69, 9.17) is 4.74 Å². The number of esters is 1. The zero-order valence-corrected chi connectivity index (χ0v) is 15.7. The van der Waals surface area contributed by atoms with E-state index in [1.807, 2.05) is 13.1 Å². The van der Waals surface area contributed by atoms with E-state index in [0.29, 0.717) is 18.3 Å². The molecular formula is C22H29NO3. The Balaban J connectivity index is 1.29. The van der Waals surface area contributed by atoms with Gasteiger partial charge in [-0.2, -0.15) is 0 Å². The smallest absolute Gasteiger partial charge is 0.306 e. The van der Waals surface area contributed by atoms with E-state index < -0.39 is 0 Å². The third-order valence-electron chi connectivity index (χ3n) is 6.87. The van der Waals surface area contributed by atoms with E-state index in [0.717, 1.165) is 25.2 Å². The predicted octanol–water partition coefficient (Wildman–Crippen LogP) is 3.89. The molecule has 26 heavy (non-hydrogen) atoms. The van der Waals surface area contributed by atoms with Crippen LogP contribution >= 0.6 is 0 Å². The van der Waals surface area contributed by atoms with E-state index in [1.54, 1.807) is 4.90 Å². The van der Waals surface area contributed by atoms with Gasteiger partial charge in [0.15, 0.2) is 6.61 Å². The van der Waals surface area contributed by atoms with Crippen molar-refractivity contribution in [2.45, 2.75) is 57.4 Å². The number of carbonyl (C=O) groups excluding carboxylic acids is 2. The number of carbonyl (C=O) groups is 2. The van der Waals surface area contributed by atoms with Crippen molar-refractivity contribution in [3.05, 3.63) is 35.4 Å². The molecule has 4 heteroatoms. The van der Waals surface area contributed by atoms with Crippen LogP contribution in [0, 0.1) is 17.8 Å². The van der Waals surface area contributed by atoms with Gasteiger partial charge >= 0.3 is 5.97 Å². The van der Waals surface area contributed by atoms with Crippen LogP contribution in [0.5, 0.6) is 0 Å². The first-order valence-electron chi connectivity index (χ1n) is 10.1. The lowest BCUT2D eigenvalue weighted by atomic mass is 9.86. The number of benzene rings is 1. The Labute approximate surface area is 155 Å². The Bertz CT molecular complexity index is 686. The number of ether oxygens (including phenoxy) is 1. The summed E-state index contributed by atoms with van der Waals surface area (Å²) in [6.07, 6.45) is 8.69. The maximum atomic E-state index is 12.6. The molecule has 4 nitrogen and oxygen atoms in total. The van der Waals surface area contributed by atoms with Gasteiger partial charge in [0.05, 0.1) is 6.04 Å².